The van der Waals surface area contributed by atoms with Crippen molar-refractivity contribution in [3.05, 3.63) is 77.0 Å². The first kappa shape index (κ1) is 26.8. The van der Waals surface area contributed by atoms with Crippen LogP contribution in [0.3, 0.4) is 0 Å². The van der Waals surface area contributed by atoms with E-state index in [4.69, 9.17) is 4.74 Å². The third-order valence-electron chi connectivity index (χ3n) is 8.48. The lowest BCUT2D eigenvalue weighted by atomic mass is 9.80. The van der Waals surface area contributed by atoms with Crippen molar-refractivity contribution in [3.8, 4) is 22.8 Å². The van der Waals surface area contributed by atoms with Gasteiger partial charge < -0.3 is 4.74 Å². The van der Waals surface area contributed by atoms with Crippen LogP contribution >= 0.6 is 0 Å². The molecular weight excluding hydrogens is 486 g/mol. The fourth-order valence-electron chi connectivity index (χ4n) is 6.87. The number of hydrogen-bond acceptors (Lipinski definition) is 1. The average molecular weight is 531 g/mol. The van der Waals surface area contributed by atoms with Gasteiger partial charge in [-0.25, -0.2) is 4.57 Å². The number of aromatic nitrogens is 1. The Morgan fingerprint density at radius 1 is 0.775 bits per heavy atom. The molecular formula is C38H44NO+. The Morgan fingerprint density at radius 3 is 2.17 bits per heavy atom. The summed E-state index contributed by atoms with van der Waals surface area (Å²) < 4.78 is 9.42. The zero-order valence-corrected chi connectivity index (χ0v) is 26.0. The smallest absolute Gasteiger partial charge is 0.228 e. The van der Waals surface area contributed by atoms with Crippen molar-refractivity contribution in [3.63, 3.8) is 0 Å². The molecule has 0 atom stereocenters. The molecule has 40 heavy (non-hydrogen) atoms. The van der Waals surface area contributed by atoms with Gasteiger partial charge in [-0.3, -0.25) is 0 Å². The zero-order chi connectivity index (χ0) is 28.7. The first-order chi connectivity index (χ1) is 18.7. The Bertz CT molecular complexity index is 1830. The van der Waals surface area contributed by atoms with Crippen LogP contribution in [0.5, 0.6) is 11.5 Å². The maximum absolute atomic E-state index is 7.11. The number of rotatable bonds is 3. The lowest BCUT2D eigenvalue weighted by Gasteiger charge is -2.29. The van der Waals surface area contributed by atoms with Gasteiger partial charge in [0.15, 0.2) is 6.20 Å². The lowest BCUT2D eigenvalue weighted by molar-refractivity contribution is -0.659. The van der Waals surface area contributed by atoms with Crippen LogP contribution in [0, 0.1) is 17.8 Å². The summed E-state index contributed by atoms with van der Waals surface area (Å²) in [5.74, 6) is 2.46. The molecule has 2 heteroatoms. The molecule has 1 aliphatic heterocycles. The zero-order valence-electron chi connectivity index (χ0n) is 26.0. The molecule has 4 aromatic carbocycles. The van der Waals surface area contributed by atoms with Gasteiger partial charge in [-0.2, -0.15) is 0 Å². The number of hydrogen-bond donors (Lipinski definition) is 0. The number of ether oxygens (including phenoxy) is 1. The maximum Gasteiger partial charge on any atom is 0.228 e. The summed E-state index contributed by atoms with van der Waals surface area (Å²) in [4.78, 5) is 0. The first-order valence-corrected chi connectivity index (χ1v) is 14.9. The Labute approximate surface area is 240 Å². The topological polar surface area (TPSA) is 13.1 Å². The second-order valence-corrected chi connectivity index (χ2v) is 14.8. The third-order valence-corrected chi connectivity index (χ3v) is 8.48. The van der Waals surface area contributed by atoms with Crippen LogP contribution < -0.4 is 9.30 Å². The number of nitrogens with zero attached hydrogens (tertiary/aromatic N) is 1. The average Bonchev–Trinajstić information content (AvgIpc) is 2.85. The van der Waals surface area contributed by atoms with E-state index in [1.165, 1.54) is 65.8 Å². The van der Waals surface area contributed by atoms with Crippen LogP contribution in [-0.2, 0) is 19.9 Å². The van der Waals surface area contributed by atoms with E-state index in [0.29, 0.717) is 5.92 Å². The molecule has 0 N–H and O–H groups in total. The summed E-state index contributed by atoms with van der Waals surface area (Å²) in [5.41, 5.74) is 8.27. The third kappa shape index (κ3) is 4.37. The van der Waals surface area contributed by atoms with Gasteiger partial charge >= 0.3 is 0 Å². The molecule has 0 bridgehead atoms. The van der Waals surface area contributed by atoms with Crippen molar-refractivity contribution in [2.45, 2.75) is 81.1 Å². The number of fused-ring (bicyclic) bond motifs is 5. The van der Waals surface area contributed by atoms with Crippen LogP contribution in [0.1, 0.15) is 83.6 Å². The normalized spacial score (nSPS) is 13.4. The molecule has 1 aromatic heterocycles. The van der Waals surface area contributed by atoms with Crippen LogP contribution in [0.25, 0.3) is 43.6 Å². The molecule has 0 aliphatic carbocycles. The predicted molar refractivity (Wildman–Crippen MR) is 171 cm³/mol. The molecule has 0 unspecified atom stereocenters. The summed E-state index contributed by atoms with van der Waals surface area (Å²) in [5, 5.41) is 7.77. The molecule has 0 radical (unpaired) electrons. The van der Waals surface area contributed by atoms with E-state index < -0.39 is 0 Å². The van der Waals surface area contributed by atoms with Crippen molar-refractivity contribution in [1.82, 2.24) is 0 Å². The second-order valence-electron chi connectivity index (χ2n) is 14.8. The predicted octanol–water partition coefficient (Wildman–Crippen LogP) is 10.4. The Kier molecular flexibility index (Phi) is 6.07. The van der Waals surface area contributed by atoms with E-state index >= 15 is 0 Å². The molecule has 0 amide bonds. The van der Waals surface area contributed by atoms with Crippen molar-refractivity contribution >= 4 is 32.3 Å². The molecule has 0 saturated heterocycles. The van der Waals surface area contributed by atoms with E-state index in [1.807, 2.05) is 0 Å². The monoisotopic (exact) mass is 530 g/mol. The van der Waals surface area contributed by atoms with Gasteiger partial charge in [0.05, 0.1) is 10.9 Å². The molecule has 6 rings (SSSR count). The van der Waals surface area contributed by atoms with E-state index in [-0.39, 0.29) is 10.8 Å². The molecule has 2 heterocycles. The van der Waals surface area contributed by atoms with Crippen LogP contribution in [0.15, 0.2) is 54.7 Å². The maximum atomic E-state index is 7.11. The minimum atomic E-state index is 0.117. The Balaban J connectivity index is 1.75. The minimum absolute atomic E-state index is 0.117. The number of benzene rings is 4. The van der Waals surface area contributed by atoms with E-state index in [9.17, 15) is 0 Å². The molecule has 5 aromatic rings. The lowest BCUT2D eigenvalue weighted by Crippen LogP contribution is -2.32. The molecule has 0 spiro atoms. The minimum Gasteiger partial charge on any atom is -0.455 e. The van der Waals surface area contributed by atoms with Crippen molar-refractivity contribution in [1.29, 1.82) is 0 Å². The van der Waals surface area contributed by atoms with Gasteiger partial charge in [0.1, 0.15) is 18.5 Å². The Morgan fingerprint density at radius 2 is 1.50 bits per heavy atom. The van der Waals surface area contributed by atoms with Crippen LogP contribution in [0.2, 0.25) is 0 Å². The highest BCUT2D eigenvalue weighted by atomic mass is 16.5. The van der Waals surface area contributed by atoms with Gasteiger partial charge in [0.2, 0.25) is 5.69 Å². The van der Waals surface area contributed by atoms with Crippen molar-refractivity contribution in [2.24, 2.45) is 17.9 Å². The van der Waals surface area contributed by atoms with Crippen molar-refractivity contribution < 1.29 is 9.30 Å². The van der Waals surface area contributed by atoms with E-state index in [1.54, 1.807) is 0 Å². The Hall–Kier alpha value is -3.39. The number of aryl methyl sites for hydroxylation is 2. The summed E-state index contributed by atoms with van der Waals surface area (Å²) in [7, 11) is 2.19. The SMILES string of the molecule is Cc1c2c(c(CC(C)(C)C)c3ccc(CC(C)(C)C)cc13)Oc1cc3c(C(C)C)cccc3c3cc[n+](C)c-2c13. The fourth-order valence-corrected chi connectivity index (χ4v) is 6.87. The van der Waals surface area contributed by atoms with E-state index in [0.717, 1.165) is 24.3 Å². The summed E-state index contributed by atoms with van der Waals surface area (Å²) in [6.45, 7) is 20.8. The first-order valence-electron chi connectivity index (χ1n) is 14.9. The highest BCUT2D eigenvalue weighted by Gasteiger charge is 2.34. The summed E-state index contributed by atoms with van der Waals surface area (Å²) in [6, 6.07) is 18.5. The highest BCUT2D eigenvalue weighted by molar-refractivity contribution is 6.17. The highest BCUT2D eigenvalue weighted by Crippen LogP contribution is 2.53. The van der Waals surface area contributed by atoms with Gasteiger partial charge in [0.25, 0.3) is 0 Å². The van der Waals surface area contributed by atoms with Crippen molar-refractivity contribution in [2.75, 3.05) is 0 Å². The standard InChI is InChI=1S/C38H44NO/c1-22(2)25-12-11-13-26-28-16-17-39(10)35-33-23(3)29-18-24(20-37(4,5)6)14-15-27(29)31(21-38(7,8)9)36(33)40-32(34(28)35)19-30(25)26/h11-19,22H,20-21H2,1-10H3/q+1. The van der Waals surface area contributed by atoms with Gasteiger partial charge in [-0.15, -0.1) is 0 Å². The van der Waals surface area contributed by atoms with E-state index in [2.05, 4.69) is 129 Å². The van der Waals surface area contributed by atoms with Crippen LogP contribution in [0.4, 0.5) is 0 Å². The molecule has 2 nitrogen and oxygen atoms in total. The molecule has 0 fully saturated rings. The fraction of sp³-hybridized carbons (Fsp3) is 0.395. The van der Waals surface area contributed by atoms with Gasteiger partial charge in [-0.05, 0) is 80.8 Å². The van der Waals surface area contributed by atoms with Gasteiger partial charge in [0, 0.05) is 17.0 Å². The number of pyridine rings is 1. The summed E-state index contributed by atoms with van der Waals surface area (Å²) in [6.07, 6.45) is 4.24. The molecule has 206 valence electrons. The molecule has 0 saturated carbocycles. The molecule has 1 aliphatic rings. The second kappa shape index (κ2) is 9.06. The quantitative estimate of drug-likeness (QED) is 0.164. The van der Waals surface area contributed by atoms with Gasteiger partial charge in [-0.1, -0.05) is 91.8 Å². The largest absolute Gasteiger partial charge is 0.455 e. The van der Waals surface area contributed by atoms with Crippen LogP contribution in [-0.4, -0.2) is 0 Å². The summed E-state index contributed by atoms with van der Waals surface area (Å²) >= 11 is 0.